The number of hydrogen-bond acceptors (Lipinski definition) is 5. The van der Waals surface area contributed by atoms with Gasteiger partial charge < -0.3 is 14.4 Å². The largest absolute Gasteiger partial charge is 0.375 e. The van der Waals surface area contributed by atoms with Gasteiger partial charge in [0.1, 0.15) is 6.61 Å². The van der Waals surface area contributed by atoms with Gasteiger partial charge in [-0.25, -0.2) is 0 Å². The van der Waals surface area contributed by atoms with Gasteiger partial charge in [-0.3, -0.25) is 9.69 Å². The van der Waals surface area contributed by atoms with E-state index in [4.69, 9.17) is 9.47 Å². The summed E-state index contributed by atoms with van der Waals surface area (Å²) in [6.45, 7) is 5.84. The molecule has 1 saturated carbocycles. The van der Waals surface area contributed by atoms with Gasteiger partial charge in [-0.15, -0.1) is 11.3 Å². The molecule has 0 unspecified atom stereocenters. The number of aryl methyl sites for hydroxylation is 1. The predicted octanol–water partition coefficient (Wildman–Crippen LogP) is 2.14. The Bertz CT molecular complexity index is 560. The summed E-state index contributed by atoms with van der Waals surface area (Å²) >= 11 is 1.89. The van der Waals surface area contributed by atoms with Crippen LogP contribution in [0, 0.1) is 12.8 Å². The highest BCUT2D eigenvalue weighted by Crippen LogP contribution is 2.35. The molecule has 0 aromatic carbocycles. The van der Waals surface area contributed by atoms with Crippen molar-refractivity contribution in [2.75, 3.05) is 40.5 Å². The smallest absolute Gasteiger partial charge is 0.248 e. The fourth-order valence-corrected chi connectivity index (χ4v) is 4.59. The fraction of sp³-hybridized carbons (Fsp3) is 0.722. The van der Waals surface area contributed by atoms with E-state index in [-0.39, 0.29) is 12.5 Å². The molecule has 1 aliphatic heterocycles. The number of thiophene rings is 1. The Balaban J connectivity index is 1.50. The van der Waals surface area contributed by atoms with Crippen molar-refractivity contribution in [2.45, 2.75) is 38.5 Å². The summed E-state index contributed by atoms with van der Waals surface area (Å²) in [5, 5.41) is 0. The van der Waals surface area contributed by atoms with Gasteiger partial charge in [0.15, 0.2) is 0 Å². The van der Waals surface area contributed by atoms with Gasteiger partial charge in [0.05, 0.1) is 19.3 Å². The molecule has 1 saturated heterocycles. The Morgan fingerprint density at radius 2 is 2.25 bits per heavy atom. The van der Waals surface area contributed by atoms with E-state index in [0.717, 1.165) is 32.5 Å². The molecule has 0 bridgehead atoms. The lowest BCUT2D eigenvalue weighted by molar-refractivity contribution is -0.134. The average Bonchev–Trinajstić information content (AvgIpc) is 3.13. The molecule has 134 valence electrons. The molecule has 1 aliphatic carbocycles. The molecule has 3 atom stereocenters. The van der Waals surface area contributed by atoms with Crippen molar-refractivity contribution in [2.24, 2.45) is 5.92 Å². The lowest BCUT2D eigenvalue weighted by Crippen LogP contribution is -2.47. The summed E-state index contributed by atoms with van der Waals surface area (Å²) in [4.78, 5) is 18.5. The highest BCUT2D eigenvalue weighted by atomic mass is 32.1. The fourth-order valence-electron chi connectivity index (χ4n) is 3.67. The first-order chi connectivity index (χ1) is 11.5. The molecule has 0 spiro atoms. The van der Waals surface area contributed by atoms with E-state index in [0.29, 0.717) is 24.7 Å². The maximum atomic E-state index is 11.6. The number of morpholine rings is 1. The molecule has 5 nitrogen and oxygen atoms in total. The van der Waals surface area contributed by atoms with Crippen LogP contribution >= 0.6 is 11.3 Å². The van der Waals surface area contributed by atoms with Gasteiger partial charge in [0.25, 0.3) is 0 Å². The number of hydrogen-bond donors (Lipinski definition) is 0. The van der Waals surface area contributed by atoms with Crippen molar-refractivity contribution < 1.29 is 14.3 Å². The maximum Gasteiger partial charge on any atom is 0.248 e. The molecule has 1 aromatic heterocycles. The minimum Gasteiger partial charge on any atom is -0.375 e. The van der Waals surface area contributed by atoms with Crippen LogP contribution in [0.4, 0.5) is 0 Å². The first kappa shape index (κ1) is 17.9. The topological polar surface area (TPSA) is 42.0 Å². The van der Waals surface area contributed by atoms with Crippen LogP contribution in [0.25, 0.3) is 0 Å². The first-order valence-electron chi connectivity index (χ1n) is 8.72. The van der Waals surface area contributed by atoms with E-state index in [9.17, 15) is 4.79 Å². The second kappa shape index (κ2) is 7.95. The summed E-state index contributed by atoms with van der Waals surface area (Å²) < 4.78 is 11.6. The van der Waals surface area contributed by atoms with Crippen molar-refractivity contribution in [1.82, 2.24) is 9.80 Å². The van der Waals surface area contributed by atoms with Crippen LogP contribution in [-0.4, -0.2) is 68.3 Å². The SMILES string of the molecule is Cc1ccc(CN2CCO[C@@H]3C[C@@H](COCC(=O)N(C)C)C[C@H]32)s1. The zero-order valence-electron chi connectivity index (χ0n) is 14.9. The second-order valence-corrected chi connectivity index (χ2v) is 8.47. The van der Waals surface area contributed by atoms with Gasteiger partial charge in [-0.05, 0) is 37.8 Å². The van der Waals surface area contributed by atoms with E-state index in [1.54, 1.807) is 19.0 Å². The molecule has 0 N–H and O–H groups in total. The minimum atomic E-state index is 0.0244. The minimum absolute atomic E-state index is 0.0244. The third-order valence-electron chi connectivity index (χ3n) is 4.98. The van der Waals surface area contributed by atoms with Crippen molar-refractivity contribution in [1.29, 1.82) is 0 Å². The number of nitrogens with zero attached hydrogens (tertiary/aromatic N) is 2. The molecule has 0 radical (unpaired) electrons. The number of carbonyl (C=O) groups excluding carboxylic acids is 1. The monoisotopic (exact) mass is 352 g/mol. The molecular formula is C18H28N2O3S. The molecule has 2 aliphatic rings. The third-order valence-corrected chi connectivity index (χ3v) is 5.97. The first-order valence-corrected chi connectivity index (χ1v) is 9.53. The molecule has 24 heavy (non-hydrogen) atoms. The van der Waals surface area contributed by atoms with Crippen LogP contribution in [0.3, 0.4) is 0 Å². The van der Waals surface area contributed by atoms with E-state index in [2.05, 4.69) is 24.0 Å². The summed E-state index contributed by atoms with van der Waals surface area (Å²) in [6.07, 6.45) is 2.46. The molecule has 3 rings (SSSR count). The number of amides is 1. The van der Waals surface area contributed by atoms with Gasteiger partial charge in [-0.1, -0.05) is 0 Å². The van der Waals surface area contributed by atoms with E-state index in [1.165, 1.54) is 9.75 Å². The van der Waals surface area contributed by atoms with Crippen LogP contribution in [0.2, 0.25) is 0 Å². The molecule has 2 heterocycles. The molecule has 1 amide bonds. The van der Waals surface area contributed by atoms with E-state index >= 15 is 0 Å². The van der Waals surface area contributed by atoms with Gasteiger partial charge >= 0.3 is 0 Å². The number of ether oxygens (including phenoxy) is 2. The summed E-state index contributed by atoms with van der Waals surface area (Å²) in [5.74, 6) is 0.511. The Kier molecular flexibility index (Phi) is 5.92. The molecular weight excluding hydrogens is 324 g/mol. The van der Waals surface area contributed by atoms with Crippen molar-refractivity contribution in [3.63, 3.8) is 0 Å². The number of rotatable bonds is 6. The molecule has 1 aromatic rings. The lowest BCUT2D eigenvalue weighted by Gasteiger charge is -2.37. The Hall–Kier alpha value is -0.950. The number of carbonyl (C=O) groups is 1. The standard InChI is InChI=1S/C18H28N2O3S/c1-13-4-5-15(24-13)10-20-6-7-23-17-9-14(8-16(17)20)11-22-12-18(21)19(2)3/h4-5,14,16-17H,6-12H2,1-3H3/t14-,16+,17+/m0/s1. The van der Waals surface area contributed by atoms with E-state index < -0.39 is 0 Å². The number of fused-ring (bicyclic) bond motifs is 1. The summed E-state index contributed by atoms with van der Waals surface area (Å²) in [5.41, 5.74) is 0. The van der Waals surface area contributed by atoms with Gasteiger partial charge in [0.2, 0.25) is 5.91 Å². The summed E-state index contributed by atoms with van der Waals surface area (Å²) in [7, 11) is 3.52. The highest BCUT2D eigenvalue weighted by Gasteiger charge is 2.41. The average molecular weight is 353 g/mol. The van der Waals surface area contributed by atoms with Crippen LogP contribution in [0.5, 0.6) is 0 Å². The number of likely N-dealkylation sites (N-methyl/N-ethyl adjacent to an activating group) is 1. The van der Waals surface area contributed by atoms with Crippen molar-refractivity contribution in [3.8, 4) is 0 Å². The zero-order chi connectivity index (χ0) is 17.1. The predicted molar refractivity (Wildman–Crippen MR) is 95.2 cm³/mol. The van der Waals surface area contributed by atoms with Crippen LogP contribution in [0.15, 0.2) is 12.1 Å². The van der Waals surface area contributed by atoms with Gasteiger partial charge in [-0.2, -0.15) is 0 Å². The third kappa shape index (κ3) is 4.36. The lowest BCUT2D eigenvalue weighted by atomic mass is 10.1. The maximum absolute atomic E-state index is 11.6. The Labute approximate surface area is 148 Å². The molecule has 6 heteroatoms. The van der Waals surface area contributed by atoms with Crippen LogP contribution in [-0.2, 0) is 20.8 Å². The summed E-state index contributed by atoms with van der Waals surface area (Å²) in [6, 6.07) is 4.93. The van der Waals surface area contributed by atoms with E-state index in [1.807, 2.05) is 11.3 Å². The zero-order valence-corrected chi connectivity index (χ0v) is 15.7. The Morgan fingerprint density at radius 3 is 2.96 bits per heavy atom. The second-order valence-electron chi connectivity index (χ2n) is 7.10. The van der Waals surface area contributed by atoms with Crippen LogP contribution in [0.1, 0.15) is 22.6 Å². The Morgan fingerprint density at radius 1 is 1.42 bits per heavy atom. The highest BCUT2D eigenvalue weighted by molar-refractivity contribution is 7.11. The molecule has 2 fully saturated rings. The normalized spacial score (nSPS) is 27.2. The van der Waals surface area contributed by atoms with Crippen molar-refractivity contribution in [3.05, 3.63) is 21.9 Å². The van der Waals surface area contributed by atoms with Crippen molar-refractivity contribution >= 4 is 17.2 Å². The quantitative estimate of drug-likeness (QED) is 0.787. The van der Waals surface area contributed by atoms with Gasteiger partial charge in [0, 0.05) is 43.0 Å². The van der Waals surface area contributed by atoms with Crippen LogP contribution < -0.4 is 0 Å².